The first-order valence-electron chi connectivity index (χ1n) is 7.67. The van der Waals surface area contributed by atoms with Crippen molar-refractivity contribution in [2.24, 2.45) is 5.92 Å². The lowest BCUT2D eigenvalue weighted by Crippen LogP contribution is -2.37. The molecule has 0 unspecified atom stereocenters. The van der Waals surface area contributed by atoms with Gasteiger partial charge < -0.3 is 14.2 Å². The zero-order chi connectivity index (χ0) is 14.4. The van der Waals surface area contributed by atoms with Gasteiger partial charge in [-0.1, -0.05) is 0 Å². The topological polar surface area (TPSA) is 48.0 Å². The van der Waals surface area contributed by atoms with Crippen molar-refractivity contribution < 1.29 is 19.0 Å². The maximum atomic E-state index is 11.5. The molecule has 0 aromatic heterocycles. The first kappa shape index (κ1) is 15.7. The molecule has 1 heterocycles. The number of ether oxygens (including phenoxy) is 3. The molecule has 2 fully saturated rings. The average Bonchev–Trinajstić information content (AvgIpc) is 2.92. The zero-order valence-electron chi connectivity index (χ0n) is 12.7. The lowest BCUT2D eigenvalue weighted by Gasteiger charge is -2.30. The van der Waals surface area contributed by atoms with Crippen LogP contribution in [0.15, 0.2) is 0 Å². The predicted octanol–water partition coefficient (Wildman–Crippen LogP) is 1.80. The number of hydrogen-bond acceptors (Lipinski definition) is 5. The van der Waals surface area contributed by atoms with E-state index in [1.54, 1.807) is 7.11 Å². The van der Waals surface area contributed by atoms with Gasteiger partial charge in [0.05, 0.1) is 32.5 Å². The van der Waals surface area contributed by atoms with Gasteiger partial charge in [0.15, 0.2) is 0 Å². The minimum absolute atomic E-state index is 0.0665. The van der Waals surface area contributed by atoms with Gasteiger partial charge in [-0.2, -0.15) is 0 Å². The van der Waals surface area contributed by atoms with Crippen LogP contribution in [0, 0.1) is 5.92 Å². The molecular weight excluding hydrogens is 258 g/mol. The van der Waals surface area contributed by atoms with Crippen LogP contribution in [0.4, 0.5) is 0 Å². The summed E-state index contributed by atoms with van der Waals surface area (Å²) in [6.07, 6.45) is 6.42. The van der Waals surface area contributed by atoms with Crippen LogP contribution in [0.3, 0.4) is 0 Å². The summed E-state index contributed by atoms with van der Waals surface area (Å²) in [5.41, 5.74) is 0. The summed E-state index contributed by atoms with van der Waals surface area (Å²) in [4.78, 5) is 13.8. The average molecular weight is 285 g/mol. The van der Waals surface area contributed by atoms with Crippen LogP contribution in [0.2, 0.25) is 0 Å². The van der Waals surface area contributed by atoms with Crippen molar-refractivity contribution in [1.82, 2.24) is 4.90 Å². The van der Waals surface area contributed by atoms with Crippen LogP contribution in [-0.4, -0.2) is 57.1 Å². The third-order valence-corrected chi connectivity index (χ3v) is 4.54. The molecule has 2 rings (SSSR count). The molecule has 5 heteroatoms. The van der Waals surface area contributed by atoms with Gasteiger partial charge >= 0.3 is 5.97 Å². The molecule has 2 aliphatic rings. The number of hydrogen-bond donors (Lipinski definition) is 0. The van der Waals surface area contributed by atoms with Gasteiger partial charge in [0, 0.05) is 19.7 Å². The minimum Gasteiger partial charge on any atom is -0.469 e. The Morgan fingerprint density at radius 1 is 1.15 bits per heavy atom. The molecule has 1 aliphatic heterocycles. The molecule has 116 valence electrons. The standard InChI is InChI=1S/C15H27NO4/c1-18-10-13-4-3-9-16(13)11-20-14-7-5-12(6-8-14)15(17)19-2/h12-14H,3-11H2,1-2H3/t12?,13-,14?/m0/s1. The summed E-state index contributed by atoms with van der Waals surface area (Å²) in [7, 11) is 3.22. The highest BCUT2D eigenvalue weighted by molar-refractivity contribution is 5.72. The highest BCUT2D eigenvalue weighted by atomic mass is 16.5. The number of methoxy groups -OCH3 is 2. The molecule has 0 amide bonds. The summed E-state index contributed by atoms with van der Waals surface area (Å²) in [5, 5.41) is 0. The highest BCUT2D eigenvalue weighted by Gasteiger charge is 2.29. The second-order valence-corrected chi connectivity index (χ2v) is 5.86. The Morgan fingerprint density at radius 3 is 2.55 bits per heavy atom. The van der Waals surface area contributed by atoms with E-state index in [2.05, 4.69) is 4.90 Å². The van der Waals surface area contributed by atoms with Crippen LogP contribution in [0.1, 0.15) is 38.5 Å². The van der Waals surface area contributed by atoms with E-state index in [9.17, 15) is 4.79 Å². The van der Waals surface area contributed by atoms with Gasteiger partial charge in [-0.15, -0.1) is 0 Å². The normalized spacial score (nSPS) is 31.4. The fraction of sp³-hybridized carbons (Fsp3) is 0.933. The molecule has 0 bridgehead atoms. The van der Waals surface area contributed by atoms with Crippen molar-refractivity contribution in [3.63, 3.8) is 0 Å². The van der Waals surface area contributed by atoms with Crippen molar-refractivity contribution in [2.45, 2.75) is 50.7 Å². The summed E-state index contributed by atoms with van der Waals surface area (Å²) < 4.78 is 16.1. The largest absolute Gasteiger partial charge is 0.469 e. The molecule has 1 aliphatic carbocycles. The van der Waals surface area contributed by atoms with Gasteiger partial charge in [-0.05, 0) is 38.5 Å². The lowest BCUT2D eigenvalue weighted by molar-refractivity contribution is -0.148. The number of rotatable bonds is 6. The maximum absolute atomic E-state index is 11.5. The van der Waals surface area contributed by atoms with E-state index in [1.807, 2.05) is 0 Å². The molecule has 1 atom stereocenters. The van der Waals surface area contributed by atoms with E-state index < -0.39 is 0 Å². The number of nitrogens with zero attached hydrogens (tertiary/aromatic N) is 1. The number of carbonyl (C=O) groups excluding carboxylic acids is 1. The number of carbonyl (C=O) groups is 1. The van der Waals surface area contributed by atoms with E-state index in [0.29, 0.717) is 18.9 Å². The molecule has 1 saturated heterocycles. The van der Waals surface area contributed by atoms with Crippen molar-refractivity contribution >= 4 is 5.97 Å². The minimum atomic E-state index is -0.0665. The van der Waals surface area contributed by atoms with Crippen LogP contribution < -0.4 is 0 Å². The number of esters is 1. The van der Waals surface area contributed by atoms with E-state index in [4.69, 9.17) is 14.2 Å². The zero-order valence-corrected chi connectivity index (χ0v) is 12.7. The fourth-order valence-electron chi connectivity index (χ4n) is 3.28. The molecule has 0 spiro atoms. The Balaban J connectivity index is 1.67. The summed E-state index contributed by atoms with van der Waals surface area (Å²) >= 11 is 0. The molecule has 0 aromatic carbocycles. The summed E-state index contributed by atoms with van der Waals surface area (Å²) in [6, 6.07) is 0.506. The van der Waals surface area contributed by atoms with Crippen LogP contribution >= 0.6 is 0 Å². The number of likely N-dealkylation sites (tertiary alicyclic amines) is 1. The van der Waals surface area contributed by atoms with E-state index >= 15 is 0 Å². The second kappa shape index (κ2) is 7.96. The monoisotopic (exact) mass is 285 g/mol. The highest BCUT2D eigenvalue weighted by Crippen LogP contribution is 2.27. The van der Waals surface area contributed by atoms with Gasteiger partial charge in [0.1, 0.15) is 0 Å². The van der Waals surface area contributed by atoms with Gasteiger partial charge in [-0.25, -0.2) is 0 Å². The second-order valence-electron chi connectivity index (χ2n) is 5.86. The molecule has 20 heavy (non-hydrogen) atoms. The quantitative estimate of drug-likeness (QED) is 0.697. The van der Waals surface area contributed by atoms with E-state index in [-0.39, 0.29) is 11.9 Å². The fourth-order valence-corrected chi connectivity index (χ4v) is 3.28. The Morgan fingerprint density at radius 2 is 1.90 bits per heavy atom. The predicted molar refractivity (Wildman–Crippen MR) is 75.3 cm³/mol. The molecule has 0 N–H and O–H groups in total. The van der Waals surface area contributed by atoms with Crippen molar-refractivity contribution in [2.75, 3.05) is 34.1 Å². The van der Waals surface area contributed by atoms with Gasteiger partial charge in [-0.3, -0.25) is 9.69 Å². The van der Waals surface area contributed by atoms with Crippen LogP contribution in [0.25, 0.3) is 0 Å². The summed E-state index contributed by atoms with van der Waals surface area (Å²) in [6.45, 7) is 2.59. The Bertz CT molecular complexity index is 302. The Hall–Kier alpha value is -0.650. The van der Waals surface area contributed by atoms with Crippen LogP contribution in [0.5, 0.6) is 0 Å². The third kappa shape index (κ3) is 4.17. The van der Waals surface area contributed by atoms with Crippen molar-refractivity contribution in [1.29, 1.82) is 0 Å². The third-order valence-electron chi connectivity index (χ3n) is 4.54. The van der Waals surface area contributed by atoms with E-state index in [1.165, 1.54) is 20.0 Å². The maximum Gasteiger partial charge on any atom is 0.308 e. The molecular formula is C15H27NO4. The van der Waals surface area contributed by atoms with Gasteiger partial charge in [0.2, 0.25) is 0 Å². The van der Waals surface area contributed by atoms with Gasteiger partial charge in [0.25, 0.3) is 0 Å². The first-order valence-corrected chi connectivity index (χ1v) is 7.67. The van der Waals surface area contributed by atoms with Crippen molar-refractivity contribution in [3.05, 3.63) is 0 Å². The Kier molecular flexibility index (Phi) is 6.26. The first-order chi connectivity index (χ1) is 9.74. The molecule has 1 saturated carbocycles. The molecule has 0 aromatic rings. The van der Waals surface area contributed by atoms with Crippen LogP contribution in [-0.2, 0) is 19.0 Å². The summed E-state index contributed by atoms with van der Waals surface area (Å²) in [5.74, 6) is 0.0102. The SMILES string of the molecule is COC[C@@H]1CCCN1COC1CCC(C(=O)OC)CC1. The van der Waals surface area contributed by atoms with Crippen molar-refractivity contribution in [3.8, 4) is 0 Å². The lowest BCUT2D eigenvalue weighted by atomic mass is 9.87. The van der Waals surface area contributed by atoms with E-state index in [0.717, 1.165) is 38.8 Å². The molecule has 0 radical (unpaired) electrons. The Labute approximate surface area is 121 Å². The molecule has 5 nitrogen and oxygen atoms in total. The smallest absolute Gasteiger partial charge is 0.308 e.